The van der Waals surface area contributed by atoms with Crippen molar-refractivity contribution in [1.29, 1.82) is 0 Å². The Labute approximate surface area is 132 Å². The molecule has 112 valence electrons. The van der Waals surface area contributed by atoms with Crippen molar-refractivity contribution in [2.24, 2.45) is 0 Å². The van der Waals surface area contributed by atoms with Gasteiger partial charge in [-0.2, -0.15) is 0 Å². The summed E-state index contributed by atoms with van der Waals surface area (Å²) in [6.07, 6.45) is 0. The van der Waals surface area contributed by atoms with Crippen molar-refractivity contribution in [2.75, 3.05) is 12.4 Å². The Morgan fingerprint density at radius 1 is 1.18 bits per heavy atom. The maximum atomic E-state index is 13.7. The number of thiazole rings is 1. The molecule has 0 saturated heterocycles. The van der Waals surface area contributed by atoms with Crippen molar-refractivity contribution < 1.29 is 9.13 Å². The number of benzene rings is 2. The number of aromatic nitrogens is 1. The van der Waals surface area contributed by atoms with E-state index in [4.69, 9.17) is 4.74 Å². The Hall–Kier alpha value is -2.40. The Kier molecular flexibility index (Phi) is 4.34. The second kappa shape index (κ2) is 6.58. The van der Waals surface area contributed by atoms with Crippen LogP contribution in [0.1, 0.15) is 5.56 Å². The lowest BCUT2D eigenvalue weighted by Gasteiger charge is -2.03. The van der Waals surface area contributed by atoms with Crippen LogP contribution in [0, 0.1) is 5.82 Å². The van der Waals surface area contributed by atoms with Gasteiger partial charge in [0.25, 0.3) is 0 Å². The number of hydrogen-bond acceptors (Lipinski definition) is 4. The zero-order valence-corrected chi connectivity index (χ0v) is 12.9. The van der Waals surface area contributed by atoms with Gasteiger partial charge in [-0.3, -0.25) is 0 Å². The van der Waals surface area contributed by atoms with Crippen LogP contribution in [-0.4, -0.2) is 12.1 Å². The number of rotatable bonds is 5. The van der Waals surface area contributed by atoms with Crippen molar-refractivity contribution in [3.05, 3.63) is 65.3 Å². The Morgan fingerprint density at radius 3 is 2.73 bits per heavy atom. The lowest BCUT2D eigenvalue weighted by atomic mass is 10.1. The lowest BCUT2D eigenvalue weighted by Crippen LogP contribution is -1.98. The van der Waals surface area contributed by atoms with Crippen molar-refractivity contribution in [3.8, 4) is 17.0 Å². The van der Waals surface area contributed by atoms with Gasteiger partial charge in [0.2, 0.25) is 0 Å². The predicted molar refractivity (Wildman–Crippen MR) is 87.8 cm³/mol. The Morgan fingerprint density at radius 2 is 2.00 bits per heavy atom. The smallest absolute Gasteiger partial charge is 0.183 e. The molecule has 0 aliphatic rings. The van der Waals surface area contributed by atoms with Crippen molar-refractivity contribution >= 4 is 16.5 Å². The van der Waals surface area contributed by atoms with Gasteiger partial charge in [-0.1, -0.05) is 30.3 Å². The highest BCUT2D eigenvalue weighted by atomic mass is 32.1. The van der Waals surface area contributed by atoms with Gasteiger partial charge in [-0.25, -0.2) is 9.37 Å². The molecule has 3 nitrogen and oxygen atoms in total. The van der Waals surface area contributed by atoms with Crippen LogP contribution in [0.5, 0.6) is 5.75 Å². The fourth-order valence-corrected chi connectivity index (χ4v) is 2.81. The summed E-state index contributed by atoms with van der Waals surface area (Å²) in [4.78, 5) is 4.49. The van der Waals surface area contributed by atoms with E-state index in [1.165, 1.54) is 30.1 Å². The lowest BCUT2D eigenvalue weighted by molar-refractivity contribution is 0.386. The van der Waals surface area contributed by atoms with Gasteiger partial charge in [-0.15, -0.1) is 11.3 Å². The quantitative estimate of drug-likeness (QED) is 0.749. The van der Waals surface area contributed by atoms with Crippen LogP contribution < -0.4 is 10.1 Å². The normalized spacial score (nSPS) is 10.5. The minimum absolute atomic E-state index is 0.237. The number of hydrogen-bond donors (Lipinski definition) is 1. The van der Waals surface area contributed by atoms with E-state index in [1.54, 1.807) is 12.1 Å². The molecule has 1 heterocycles. The fourth-order valence-electron chi connectivity index (χ4n) is 2.09. The first-order chi connectivity index (χ1) is 10.8. The number of ether oxygens (including phenoxy) is 1. The van der Waals surface area contributed by atoms with E-state index in [0.717, 1.165) is 16.4 Å². The first-order valence-corrected chi connectivity index (χ1v) is 7.71. The summed E-state index contributed by atoms with van der Waals surface area (Å²) in [5.74, 6) is -0.145. The molecule has 1 N–H and O–H groups in total. The van der Waals surface area contributed by atoms with Gasteiger partial charge in [0.05, 0.1) is 12.8 Å². The number of nitrogens with zero attached hydrogens (tertiary/aromatic N) is 1. The van der Waals surface area contributed by atoms with Crippen molar-refractivity contribution in [1.82, 2.24) is 4.98 Å². The molecule has 0 aliphatic heterocycles. The monoisotopic (exact) mass is 314 g/mol. The first-order valence-electron chi connectivity index (χ1n) is 6.83. The van der Waals surface area contributed by atoms with E-state index in [2.05, 4.69) is 22.4 Å². The third-order valence-corrected chi connectivity index (χ3v) is 4.04. The summed E-state index contributed by atoms with van der Waals surface area (Å²) in [5.41, 5.74) is 2.68. The molecule has 5 heteroatoms. The maximum Gasteiger partial charge on any atom is 0.183 e. The van der Waals surface area contributed by atoms with Gasteiger partial charge in [0, 0.05) is 17.5 Å². The molecule has 0 bridgehead atoms. The predicted octanol–water partition coefficient (Wildman–Crippen LogP) is 4.57. The molecule has 0 aliphatic carbocycles. The van der Waals surface area contributed by atoms with Crippen molar-refractivity contribution in [3.63, 3.8) is 0 Å². The van der Waals surface area contributed by atoms with E-state index in [1.807, 2.05) is 23.6 Å². The molecular formula is C17H15FN2OS. The molecule has 0 saturated carbocycles. The van der Waals surface area contributed by atoms with Gasteiger partial charge >= 0.3 is 0 Å². The SMILES string of the molecule is COc1ccc(-c2csc(NCc3ccccc3)n2)cc1F. The van der Waals surface area contributed by atoms with Gasteiger partial charge < -0.3 is 10.1 Å². The molecule has 3 rings (SSSR count). The molecule has 3 aromatic rings. The zero-order valence-electron chi connectivity index (χ0n) is 12.0. The topological polar surface area (TPSA) is 34.1 Å². The first kappa shape index (κ1) is 14.5. The highest BCUT2D eigenvalue weighted by molar-refractivity contribution is 7.14. The number of nitrogens with one attached hydrogen (secondary N) is 1. The Bertz CT molecular complexity index is 758. The molecule has 0 fully saturated rings. The maximum absolute atomic E-state index is 13.7. The molecule has 0 amide bonds. The molecule has 0 spiro atoms. The van der Waals surface area contributed by atoms with Crippen LogP contribution in [0.15, 0.2) is 53.9 Å². The van der Waals surface area contributed by atoms with E-state index in [0.29, 0.717) is 6.54 Å². The van der Waals surface area contributed by atoms with Crippen LogP contribution in [0.25, 0.3) is 11.3 Å². The molecule has 0 atom stereocenters. The van der Waals surface area contributed by atoms with Gasteiger partial charge in [0.15, 0.2) is 16.7 Å². The minimum Gasteiger partial charge on any atom is -0.494 e. The summed E-state index contributed by atoms with van der Waals surface area (Å²) >= 11 is 1.50. The molecule has 1 aromatic heterocycles. The molecule has 0 radical (unpaired) electrons. The summed E-state index contributed by atoms with van der Waals surface area (Å²) in [6, 6.07) is 15.0. The standard InChI is InChI=1S/C17H15FN2OS/c1-21-16-8-7-13(9-14(16)18)15-11-22-17(20-15)19-10-12-5-3-2-4-6-12/h2-9,11H,10H2,1H3,(H,19,20). The van der Waals surface area contributed by atoms with E-state index >= 15 is 0 Å². The minimum atomic E-state index is -0.383. The van der Waals surface area contributed by atoms with Crippen LogP contribution in [0.4, 0.5) is 9.52 Å². The average Bonchev–Trinajstić information content (AvgIpc) is 3.03. The second-order valence-corrected chi connectivity index (χ2v) is 5.58. The second-order valence-electron chi connectivity index (χ2n) is 4.73. The molecular weight excluding hydrogens is 299 g/mol. The average molecular weight is 314 g/mol. The highest BCUT2D eigenvalue weighted by Crippen LogP contribution is 2.28. The van der Waals surface area contributed by atoms with E-state index in [-0.39, 0.29) is 11.6 Å². The van der Waals surface area contributed by atoms with Crippen LogP contribution >= 0.6 is 11.3 Å². The van der Waals surface area contributed by atoms with Gasteiger partial charge in [-0.05, 0) is 23.8 Å². The molecule has 22 heavy (non-hydrogen) atoms. The summed E-state index contributed by atoms with van der Waals surface area (Å²) in [5, 5.41) is 6.00. The largest absolute Gasteiger partial charge is 0.494 e. The fraction of sp³-hybridized carbons (Fsp3) is 0.118. The van der Waals surface area contributed by atoms with Crippen LogP contribution in [-0.2, 0) is 6.54 Å². The van der Waals surface area contributed by atoms with Gasteiger partial charge in [0.1, 0.15) is 0 Å². The Balaban J connectivity index is 1.72. The number of halogens is 1. The van der Waals surface area contributed by atoms with Crippen LogP contribution in [0.3, 0.4) is 0 Å². The van der Waals surface area contributed by atoms with Crippen molar-refractivity contribution in [2.45, 2.75) is 6.54 Å². The number of methoxy groups -OCH3 is 1. The highest BCUT2D eigenvalue weighted by Gasteiger charge is 2.08. The third-order valence-electron chi connectivity index (χ3n) is 3.24. The molecule has 0 unspecified atom stereocenters. The molecule has 2 aromatic carbocycles. The third kappa shape index (κ3) is 3.26. The van der Waals surface area contributed by atoms with E-state index < -0.39 is 0 Å². The van der Waals surface area contributed by atoms with Crippen LogP contribution in [0.2, 0.25) is 0 Å². The van der Waals surface area contributed by atoms with E-state index in [9.17, 15) is 4.39 Å². The number of anilines is 1. The summed E-state index contributed by atoms with van der Waals surface area (Å²) < 4.78 is 18.7. The zero-order chi connectivity index (χ0) is 15.4. The summed E-state index contributed by atoms with van der Waals surface area (Å²) in [7, 11) is 1.45. The summed E-state index contributed by atoms with van der Waals surface area (Å²) in [6.45, 7) is 0.713.